The van der Waals surface area contributed by atoms with Crippen molar-refractivity contribution in [2.24, 2.45) is 5.16 Å². The second-order valence-corrected chi connectivity index (χ2v) is 2.96. The minimum absolute atomic E-state index is 0.465. The number of hydrogen-bond donors (Lipinski definition) is 0. The molecule has 0 spiro atoms. The van der Waals surface area contributed by atoms with Crippen molar-refractivity contribution in [2.75, 3.05) is 6.26 Å². The molecule has 0 fully saturated rings. The molecule has 0 saturated carbocycles. The van der Waals surface area contributed by atoms with Crippen LogP contribution in [0.3, 0.4) is 0 Å². The van der Waals surface area contributed by atoms with E-state index >= 15 is 0 Å². The fourth-order valence-electron chi connectivity index (χ4n) is 0.950. The third-order valence-electron chi connectivity index (χ3n) is 1.58. The molecule has 13 heavy (non-hydrogen) atoms. The second kappa shape index (κ2) is 5.44. The summed E-state index contributed by atoms with van der Waals surface area (Å²) in [7, 11) is 0. The molecule has 0 bridgehead atoms. The van der Waals surface area contributed by atoms with Gasteiger partial charge in [-0.25, -0.2) is 0 Å². The Bertz CT molecular complexity index is 299. The summed E-state index contributed by atoms with van der Waals surface area (Å²) in [4.78, 5) is 0. The van der Waals surface area contributed by atoms with Crippen molar-refractivity contribution in [3.63, 3.8) is 0 Å². The molecule has 0 aliphatic heterocycles. The van der Waals surface area contributed by atoms with Crippen LogP contribution in [-0.4, -0.2) is 12.0 Å². The van der Waals surface area contributed by atoms with E-state index in [0.29, 0.717) is 6.42 Å². The Morgan fingerprint density at radius 3 is 3.08 bits per heavy atom. The van der Waals surface area contributed by atoms with Gasteiger partial charge >= 0.3 is 0 Å². The average molecular weight is 194 g/mol. The minimum Gasteiger partial charge on any atom is -0.322 e. The average Bonchev–Trinajstić information content (AvgIpc) is 2.17. The first kappa shape index (κ1) is 9.87. The molecule has 0 radical (unpaired) electrons. The van der Waals surface area contributed by atoms with Gasteiger partial charge in [-0.1, -0.05) is 17.3 Å². The van der Waals surface area contributed by atoms with E-state index in [4.69, 9.17) is 9.55 Å². The number of nitrogens with zero attached hydrogens (tertiary/aromatic N) is 2. The fraction of sp³-hybridized carbons (Fsp3) is 0.333. The van der Waals surface area contributed by atoms with E-state index in [1.807, 2.05) is 24.5 Å². The summed E-state index contributed by atoms with van der Waals surface area (Å²) in [6, 6.07) is 2.10. The van der Waals surface area contributed by atoms with Gasteiger partial charge in [0.2, 0.25) is 0 Å². The zero-order valence-electron chi connectivity index (χ0n) is 7.36. The molecule has 0 aromatic rings. The van der Waals surface area contributed by atoms with Crippen LogP contribution in [0.2, 0.25) is 0 Å². The van der Waals surface area contributed by atoms with Gasteiger partial charge in [0.05, 0.1) is 30.2 Å². The number of hydrogen-bond acceptors (Lipinski definition) is 4. The minimum atomic E-state index is 0.465. The number of rotatable bonds is 3. The van der Waals surface area contributed by atoms with Crippen molar-refractivity contribution in [2.45, 2.75) is 12.8 Å². The highest BCUT2D eigenvalue weighted by atomic mass is 32.2. The van der Waals surface area contributed by atoms with Crippen LogP contribution in [0.5, 0.6) is 0 Å². The van der Waals surface area contributed by atoms with Crippen LogP contribution in [0.25, 0.3) is 0 Å². The van der Waals surface area contributed by atoms with Crippen molar-refractivity contribution in [3.8, 4) is 6.07 Å². The molecule has 0 heterocycles. The topological polar surface area (TPSA) is 45.4 Å². The highest BCUT2D eigenvalue weighted by Gasteiger charge is 2.02. The molecular formula is C9H10N2OS. The lowest BCUT2D eigenvalue weighted by Gasteiger charge is -2.04. The summed E-state index contributed by atoms with van der Waals surface area (Å²) in [5.74, 6) is 0. The first-order valence-corrected chi connectivity index (χ1v) is 5.02. The fourth-order valence-corrected chi connectivity index (χ4v) is 1.12. The Morgan fingerprint density at radius 1 is 1.69 bits per heavy atom. The largest absolute Gasteiger partial charge is 0.322 e. The SMILES string of the molecule is CSON=C1C=CC(CC#N)=CC1. The van der Waals surface area contributed by atoms with Crippen molar-refractivity contribution in [1.29, 1.82) is 5.26 Å². The van der Waals surface area contributed by atoms with Gasteiger partial charge in [0.1, 0.15) is 0 Å². The van der Waals surface area contributed by atoms with Gasteiger partial charge in [0, 0.05) is 12.7 Å². The summed E-state index contributed by atoms with van der Waals surface area (Å²) in [5, 5.41) is 12.3. The van der Waals surface area contributed by atoms with Crippen LogP contribution in [-0.2, 0) is 4.28 Å². The molecule has 0 aromatic carbocycles. The molecule has 0 unspecified atom stereocenters. The summed E-state index contributed by atoms with van der Waals surface area (Å²) in [5.41, 5.74) is 1.93. The molecule has 0 aromatic heterocycles. The van der Waals surface area contributed by atoms with Crippen molar-refractivity contribution < 1.29 is 4.28 Å². The van der Waals surface area contributed by atoms with Crippen molar-refractivity contribution in [3.05, 3.63) is 23.8 Å². The predicted molar refractivity (Wildman–Crippen MR) is 54.1 cm³/mol. The normalized spacial score (nSPS) is 18.2. The van der Waals surface area contributed by atoms with Crippen molar-refractivity contribution >= 4 is 17.8 Å². The van der Waals surface area contributed by atoms with Crippen LogP contribution in [0.4, 0.5) is 0 Å². The maximum absolute atomic E-state index is 8.44. The standard InChI is InChI=1S/C9H10N2OS/c1-13-12-11-9-4-2-8(3-5-9)6-7-10/h2-4H,5-6H2,1H3. The van der Waals surface area contributed by atoms with Gasteiger partial charge in [-0.15, -0.1) is 0 Å². The Hall–Kier alpha value is -1.21. The lowest BCUT2D eigenvalue weighted by molar-refractivity contribution is 0.407. The first-order valence-electron chi connectivity index (χ1n) is 3.87. The van der Waals surface area contributed by atoms with Gasteiger partial charge in [-0.2, -0.15) is 5.26 Å². The Labute approximate surface area is 82.0 Å². The second-order valence-electron chi connectivity index (χ2n) is 2.48. The Balaban J connectivity index is 2.49. The lowest BCUT2D eigenvalue weighted by Crippen LogP contribution is -1.97. The van der Waals surface area contributed by atoms with Gasteiger partial charge in [-0.3, -0.25) is 0 Å². The van der Waals surface area contributed by atoms with Gasteiger partial charge in [0.15, 0.2) is 0 Å². The number of oxime groups is 1. The van der Waals surface area contributed by atoms with Gasteiger partial charge < -0.3 is 4.28 Å². The molecule has 4 heteroatoms. The van der Waals surface area contributed by atoms with Crippen LogP contribution in [0.15, 0.2) is 29.0 Å². The van der Waals surface area contributed by atoms with E-state index in [-0.39, 0.29) is 0 Å². The monoisotopic (exact) mass is 194 g/mol. The van der Waals surface area contributed by atoms with Gasteiger partial charge in [0.25, 0.3) is 0 Å². The highest BCUT2D eigenvalue weighted by molar-refractivity contribution is 7.93. The van der Waals surface area contributed by atoms with Crippen LogP contribution in [0.1, 0.15) is 12.8 Å². The summed E-state index contributed by atoms with van der Waals surface area (Å²) < 4.78 is 4.83. The summed E-state index contributed by atoms with van der Waals surface area (Å²) >= 11 is 1.21. The molecule has 68 valence electrons. The summed E-state index contributed by atoms with van der Waals surface area (Å²) in [6.45, 7) is 0. The third kappa shape index (κ3) is 3.34. The van der Waals surface area contributed by atoms with E-state index < -0.39 is 0 Å². The lowest BCUT2D eigenvalue weighted by atomic mass is 10.0. The molecule has 1 aliphatic carbocycles. The predicted octanol–water partition coefficient (Wildman–Crippen LogP) is 2.44. The molecular weight excluding hydrogens is 184 g/mol. The van der Waals surface area contributed by atoms with Crippen LogP contribution < -0.4 is 0 Å². The maximum atomic E-state index is 8.44. The molecule has 1 rings (SSSR count). The van der Waals surface area contributed by atoms with E-state index in [1.54, 1.807) is 0 Å². The molecule has 0 N–H and O–H groups in total. The zero-order valence-corrected chi connectivity index (χ0v) is 8.17. The Kier molecular flexibility index (Phi) is 4.13. The number of nitriles is 1. The molecule has 3 nitrogen and oxygen atoms in total. The zero-order chi connectivity index (χ0) is 9.52. The third-order valence-corrected chi connectivity index (χ3v) is 1.80. The Morgan fingerprint density at radius 2 is 2.54 bits per heavy atom. The smallest absolute Gasteiger partial charge is 0.0850 e. The van der Waals surface area contributed by atoms with E-state index in [2.05, 4.69) is 11.2 Å². The quantitative estimate of drug-likeness (QED) is 0.512. The van der Waals surface area contributed by atoms with E-state index in [1.165, 1.54) is 12.0 Å². The van der Waals surface area contributed by atoms with Gasteiger partial charge in [-0.05, 0) is 11.6 Å². The summed E-state index contributed by atoms with van der Waals surface area (Å²) in [6.07, 6.45) is 8.79. The van der Waals surface area contributed by atoms with E-state index in [9.17, 15) is 0 Å². The maximum Gasteiger partial charge on any atom is 0.0850 e. The van der Waals surface area contributed by atoms with Crippen molar-refractivity contribution in [1.82, 2.24) is 0 Å². The highest BCUT2D eigenvalue weighted by Crippen LogP contribution is 2.12. The molecule has 0 atom stereocenters. The van der Waals surface area contributed by atoms with Crippen LogP contribution >= 0.6 is 12.0 Å². The van der Waals surface area contributed by atoms with E-state index in [0.717, 1.165) is 17.7 Å². The first-order chi connectivity index (χ1) is 6.36. The molecule has 0 saturated heterocycles. The van der Waals surface area contributed by atoms with Crippen LogP contribution in [0, 0.1) is 11.3 Å². The molecule has 0 amide bonds. The number of allylic oxidation sites excluding steroid dienone is 4. The molecule has 1 aliphatic rings.